The van der Waals surface area contributed by atoms with E-state index in [1.807, 2.05) is 67.9 Å². The van der Waals surface area contributed by atoms with Gasteiger partial charge in [0.15, 0.2) is 0 Å². The van der Waals surface area contributed by atoms with Gasteiger partial charge in [-0.15, -0.1) is 10.2 Å². The number of ether oxygens (including phenoxy) is 1. The Balaban J connectivity index is 1.67. The lowest BCUT2D eigenvalue weighted by Crippen LogP contribution is -2.41. The van der Waals surface area contributed by atoms with Crippen molar-refractivity contribution in [2.45, 2.75) is 37.2 Å². The van der Waals surface area contributed by atoms with Crippen LogP contribution in [0.3, 0.4) is 0 Å². The van der Waals surface area contributed by atoms with Crippen molar-refractivity contribution in [1.82, 2.24) is 14.9 Å². The first kappa shape index (κ1) is 19.3. The van der Waals surface area contributed by atoms with Gasteiger partial charge in [0.2, 0.25) is 11.1 Å². The molecule has 2 atom stereocenters. The third-order valence-corrected chi connectivity index (χ3v) is 6.20. The van der Waals surface area contributed by atoms with Crippen molar-refractivity contribution in [3.63, 3.8) is 0 Å². The molecule has 3 aromatic rings. The van der Waals surface area contributed by atoms with E-state index in [0.29, 0.717) is 5.16 Å². The summed E-state index contributed by atoms with van der Waals surface area (Å²) in [6.45, 7) is 5.88. The van der Waals surface area contributed by atoms with Crippen LogP contribution in [0.5, 0.6) is 5.75 Å². The van der Waals surface area contributed by atoms with Crippen LogP contribution >= 0.6 is 11.8 Å². The molecule has 2 heterocycles. The molecule has 1 aliphatic rings. The predicted molar refractivity (Wildman–Crippen MR) is 114 cm³/mol. The summed E-state index contributed by atoms with van der Waals surface area (Å²) in [5.41, 5.74) is 7.35. The summed E-state index contributed by atoms with van der Waals surface area (Å²) in [6.07, 6.45) is 0. The van der Waals surface area contributed by atoms with Crippen LogP contribution in [0.1, 0.15) is 28.6 Å². The van der Waals surface area contributed by atoms with Gasteiger partial charge < -0.3 is 15.5 Å². The minimum absolute atomic E-state index is 0.0797. The van der Waals surface area contributed by atoms with Gasteiger partial charge in [-0.05, 0) is 55.7 Å². The number of thioether (sulfide) groups is 1. The van der Waals surface area contributed by atoms with Crippen molar-refractivity contribution >= 4 is 23.4 Å². The van der Waals surface area contributed by atoms with E-state index in [9.17, 15) is 4.79 Å². The zero-order valence-corrected chi connectivity index (χ0v) is 17.6. The molecule has 0 aliphatic carbocycles. The molecule has 0 unspecified atom stereocenters. The van der Waals surface area contributed by atoms with E-state index in [-0.39, 0.29) is 11.9 Å². The second kappa shape index (κ2) is 7.79. The Morgan fingerprint density at radius 2 is 1.90 bits per heavy atom. The van der Waals surface area contributed by atoms with E-state index < -0.39 is 5.25 Å². The van der Waals surface area contributed by atoms with E-state index in [1.54, 1.807) is 7.11 Å². The fourth-order valence-corrected chi connectivity index (χ4v) is 4.42. The maximum Gasteiger partial charge on any atom is 0.240 e. The van der Waals surface area contributed by atoms with Crippen LogP contribution in [0.15, 0.2) is 47.6 Å². The van der Waals surface area contributed by atoms with Gasteiger partial charge in [0, 0.05) is 5.69 Å². The molecular weight excluding hydrogens is 386 g/mol. The number of carbonyl (C=O) groups excluding carboxylic acids is 1. The van der Waals surface area contributed by atoms with Gasteiger partial charge in [-0.25, -0.2) is 4.68 Å². The number of nitrogens with one attached hydrogen (secondary N) is 2. The molecule has 1 aromatic heterocycles. The third-order valence-electron chi connectivity index (χ3n) is 4.98. The lowest BCUT2D eigenvalue weighted by Gasteiger charge is -2.33. The monoisotopic (exact) mass is 409 g/mol. The molecule has 29 heavy (non-hydrogen) atoms. The van der Waals surface area contributed by atoms with Crippen molar-refractivity contribution in [3.8, 4) is 5.75 Å². The summed E-state index contributed by atoms with van der Waals surface area (Å²) < 4.78 is 7.10. The van der Waals surface area contributed by atoms with Crippen LogP contribution in [-0.2, 0) is 4.79 Å². The van der Waals surface area contributed by atoms with Crippen LogP contribution < -0.4 is 15.5 Å². The standard InChI is InChI=1S/C21H23N5O2S/c1-12-5-6-13(2)17(11-12)22-20(27)19-18(15-7-9-16(28-4)10-8-15)25-26-14(3)23-24-21(26)29-19/h5-11,18-19,25H,1-4H3,(H,22,27)/t18-,19-/m1/s1. The molecule has 7 nitrogen and oxygen atoms in total. The van der Waals surface area contributed by atoms with Crippen molar-refractivity contribution in [2.75, 3.05) is 17.9 Å². The number of anilines is 1. The van der Waals surface area contributed by atoms with E-state index in [0.717, 1.165) is 34.0 Å². The molecule has 0 saturated heterocycles. The average Bonchev–Trinajstić information content (AvgIpc) is 3.10. The highest BCUT2D eigenvalue weighted by Gasteiger charge is 2.37. The van der Waals surface area contributed by atoms with Crippen molar-refractivity contribution in [2.24, 2.45) is 0 Å². The molecule has 0 bridgehead atoms. The zero-order valence-electron chi connectivity index (χ0n) is 16.8. The van der Waals surface area contributed by atoms with Crippen molar-refractivity contribution < 1.29 is 9.53 Å². The minimum Gasteiger partial charge on any atom is -0.497 e. The summed E-state index contributed by atoms with van der Waals surface area (Å²) >= 11 is 1.41. The Bertz CT molecular complexity index is 1050. The molecule has 0 radical (unpaired) electrons. The van der Waals surface area contributed by atoms with Gasteiger partial charge in [-0.2, -0.15) is 0 Å². The summed E-state index contributed by atoms with van der Waals surface area (Å²) in [5, 5.41) is 11.7. The quantitative estimate of drug-likeness (QED) is 0.685. The Labute approximate surface area is 173 Å². The van der Waals surface area contributed by atoms with Gasteiger partial charge in [0.1, 0.15) is 16.8 Å². The minimum atomic E-state index is -0.417. The zero-order chi connectivity index (χ0) is 20.5. The lowest BCUT2D eigenvalue weighted by atomic mass is 10.0. The van der Waals surface area contributed by atoms with Crippen LogP contribution in [0.4, 0.5) is 5.69 Å². The highest BCUT2D eigenvalue weighted by molar-refractivity contribution is 8.00. The summed E-state index contributed by atoms with van der Waals surface area (Å²) in [4.78, 5) is 13.3. The first-order valence-corrected chi connectivity index (χ1v) is 10.2. The molecule has 0 saturated carbocycles. The van der Waals surface area contributed by atoms with Gasteiger partial charge in [-0.1, -0.05) is 36.0 Å². The lowest BCUT2D eigenvalue weighted by molar-refractivity contribution is -0.116. The number of methoxy groups -OCH3 is 1. The first-order chi connectivity index (χ1) is 14.0. The predicted octanol–water partition coefficient (Wildman–Crippen LogP) is 3.61. The van der Waals surface area contributed by atoms with Crippen LogP contribution in [0.25, 0.3) is 0 Å². The SMILES string of the molecule is COc1ccc([C@H]2Nn3c(C)nnc3S[C@H]2C(=O)Nc2cc(C)ccc2C)cc1. The normalized spacial score (nSPS) is 17.9. The Morgan fingerprint density at radius 3 is 2.62 bits per heavy atom. The Hall–Kier alpha value is -3.00. The number of rotatable bonds is 4. The summed E-state index contributed by atoms with van der Waals surface area (Å²) in [7, 11) is 1.64. The van der Waals surface area contributed by atoms with Crippen LogP contribution in [0.2, 0.25) is 0 Å². The second-order valence-corrected chi connectivity index (χ2v) is 8.20. The molecule has 150 valence electrons. The summed E-state index contributed by atoms with van der Waals surface area (Å²) in [5.74, 6) is 1.44. The highest BCUT2D eigenvalue weighted by atomic mass is 32.2. The van der Waals surface area contributed by atoms with Gasteiger partial charge in [0.25, 0.3) is 0 Å². The number of nitrogens with zero attached hydrogens (tertiary/aromatic N) is 3. The average molecular weight is 410 g/mol. The molecule has 8 heteroatoms. The number of carbonyl (C=O) groups is 1. The van der Waals surface area contributed by atoms with Gasteiger partial charge in [-0.3, -0.25) is 4.79 Å². The third kappa shape index (κ3) is 3.80. The van der Waals surface area contributed by atoms with Crippen LogP contribution in [-0.4, -0.2) is 33.1 Å². The fraction of sp³-hybridized carbons (Fsp3) is 0.286. The molecule has 0 spiro atoms. The number of hydrogen-bond acceptors (Lipinski definition) is 6. The number of benzene rings is 2. The molecule has 2 aromatic carbocycles. The van der Waals surface area contributed by atoms with E-state index in [4.69, 9.17) is 4.74 Å². The smallest absolute Gasteiger partial charge is 0.240 e. The number of fused-ring (bicyclic) bond motifs is 1. The Kier molecular flexibility index (Phi) is 5.19. The number of aryl methyl sites for hydroxylation is 3. The molecular formula is C21H23N5O2S. The first-order valence-electron chi connectivity index (χ1n) is 9.33. The van der Waals surface area contributed by atoms with E-state index in [2.05, 4.69) is 20.9 Å². The molecule has 1 amide bonds. The largest absolute Gasteiger partial charge is 0.497 e. The van der Waals surface area contributed by atoms with E-state index in [1.165, 1.54) is 11.8 Å². The fourth-order valence-electron chi connectivity index (χ4n) is 3.30. The van der Waals surface area contributed by atoms with Crippen molar-refractivity contribution in [3.05, 3.63) is 65.0 Å². The van der Waals surface area contributed by atoms with Gasteiger partial charge in [0.05, 0.1) is 13.2 Å². The maximum absolute atomic E-state index is 13.3. The number of aromatic nitrogens is 3. The number of hydrogen-bond donors (Lipinski definition) is 2. The topological polar surface area (TPSA) is 81.1 Å². The van der Waals surface area contributed by atoms with E-state index >= 15 is 0 Å². The summed E-state index contributed by atoms with van der Waals surface area (Å²) in [6, 6.07) is 13.5. The Morgan fingerprint density at radius 1 is 1.14 bits per heavy atom. The molecule has 1 aliphatic heterocycles. The van der Waals surface area contributed by atoms with Crippen molar-refractivity contribution in [1.29, 1.82) is 0 Å². The second-order valence-electron chi connectivity index (χ2n) is 7.09. The maximum atomic E-state index is 13.3. The molecule has 4 rings (SSSR count). The molecule has 0 fully saturated rings. The highest BCUT2D eigenvalue weighted by Crippen LogP contribution is 2.38. The number of amides is 1. The van der Waals surface area contributed by atoms with Gasteiger partial charge >= 0.3 is 0 Å². The van der Waals surface area contributed by atoms with Crippen LogP contribution in [0, 0.1) is 20.8 Å². The molecule has 2 N–H and O–H groups in total.